The van der Waals surface area contributed by atoms with Gasteiger partial charge in [0.25, 0.3) is 0 Å². The first-order valence-electron chi connectivity index (χ1n) is 6.31. The highest BCUT2D eigenvalue weighted by Crippen LogP contribution is 2.30. The van der Waals surface area contributed by atoms with E-state index in [9.17, 15) is 4.21 Å². The van der Waals surface area contributed by atoms with Crippen molar-refractivity contribution in [1.29, 1.82) is 0 Å². The molecule has 5 heteroatoms. The maximum absolute atomic E-state index is 12.4. The standard InChI is InChI=1S/C15H14ClNO2S/c16-11-5-6-13(17)15(8-11)20(18)9-12-7-10-3-1-2-4-14(10)19-12/h1-6,8,12H,7,9,17H2. The largest absolute Gasteiger partial charge is 0.489 e. The van der Waals surface area contributed by atoms with Gasteiger partial charge >= 0.3 is 0 Å². The van der Waals surface area contributed by atoms with Crippen molar-refractivity contribution in [1.82, 2.24) is 0 Å². The molecule has 0 radical (unpaired) electrons. The van der Waals surface area contributed by atoms with Crippen molar-refractivity contribution in [2.75, 3.05) is 11.5 Å². The Morgan fingerprint density at radius 3 is 2.90 bits per heavy atom. The zero-order valence-electron chi connectivity index (χ0n) is 10.7. The fourth-order valence-electron chi connectivity index (χ4n) is 2.31. The average molecular weight is 308 g/mol. The van der Waals surface area contributed by atoms with Crippen LogP contribution in [0.4, 0.5) is 5.69 Å². The van der Waals surface area contributed by atoms with Gasteiger partial charge in [0.15, 0.2) is 0 Å². The van der Waals surface area contributed by atoms with Crippen LogP contribution >= 0.6 is 11.6 Å². The minimum atomic E-state index is -1.22. The second-order valence-corrected chi connectivity index (χ2v) is 6.65. The predicted molar refractivity (Wildman–Crippen MR) is 81.7 cm³/mol. The SMILES string of the molecule is Nc1ccc(Cl)cc1S(=O)CC1Cc2ccccc2O1. The quantitative estimate of drug-likeness (QED) is 0.887. The molecule has 0 saturated heterocycles. The molecule has 0 saturated carbocycles. The molecule has 3 nitrogen and oxygen atoms in total. The van der Waals surface area contributed by atoms with Crippen LogP contribution in [0.2, 0.25) is 5.02 Å². The molecule has 0 aliphatic carbocycles. The molecule has 104 valence electrons. The Bertz CT molecular complexity index is 650. The molecule has 1 aliphatic heterocycles. The summed E-state index contributed by atoms with van der Waals surface area (Å²) in [7, 11) is -1.22. The third-order valence-corrected chi connectivity index (χ3v) is 5.03. The molecule has 0 fully saturated rings. The highest BCUT2D eigenvalue weighted by molar-refractivity contribution is 7.85. The number of rotatable bonds is 3. The summed E-state index contributed by atoms with van der Waals surface area (Å²) in [6.45, 7) is 0. The molecule has 0 aromatic heterocycles. The summed E-state index contributed by atoms with van der Waals surface area (Å²) < 4.78 is 18.2. The molecule has 1 heterocycles. The zero-order chi connectivity index (χ0) is 14.1. The van der Waals surface area contributed by atoms with E-state index < -0.39 is 10.8 Å². The number of nitrogen functional groups attached to an aromatic ring is 1. The summed E-state index contributed by atoms with van der Waals surface area (Å²) in [5.74, 6) is 1.30. The first-order valence-corrected chi connectivity index (χ1v) is 8.01. The minimum Gasteiger partial charge on any atom is -0.489 e. The fraction of sp³-hybridized carbons (Fsp3) is 0.200. The lowest BCUT2D eigenvalue weighted by atomic mass is 10.1. The van der Waals surface area contributed by atoms with Gasteiger partial charge in [-0.05, 0) is 29.8 Å². The molecule has 2 aromatic rings. The maximum atomic E-state index is 12.4. The van der Waals surface area contributed by atoms with Gasteiger partial charge in [-0.3, -0.25) is 4.21 Å². The van der Waals surface area contributed by atoms with E-state index in [2.05, 4.69) is 0 Å². The van der Waals surface area contributed by atoms with Gasteiger partial charge in [-0.1, -0.05) is 29.8 Å². The van der Waals surface area contributed by atoms with Crippen molar-refractivity contribution in [3.63, 3.8) is 0 Å². The van der Waals surface area contributed by atoms with E-state index in [-0.39, 0.29) is 6.10 Å². The lowest BCUT2D eigenvalue weighted by molar-refractivity contribution is 0.258. The van der Waals surface area contributed by atoms with E-state index in [0.717, 1.165) is 17.7 Å². The van der Waals surface area contributed by atoms with Crippen molar-refractivity contribution in [2.45, 2.75) is 17.4 Å². The summed E-state index contributed by atoms with van der Waals surface area (Å²) in [5.41, 5.74) is 7.52. The van der Waals surface area contributed by atoms with Crippen molar-refractivity contribution >= 4 is 28.1 Å². The van der Waals surface area contributed by atoms with Gasteiger partial charge in [0.05, 0.1) is 21.4 Å². The van der Waals surface area contributed by atoms with Crippen molar-refractivity contribution in [3.8, 4) is 5.75 Å². The number of nitrogens with two attached hydrogens (primary N) is 1. The first-order chi connectivity index (χ1) is 9.63. The fourth-order valence-corrected chi connectivity index (χ4v) is 3.84. The summed E-state index contributed by atoms with van der Waals surface area (Å²) in [4.78, 5) is 0.581. The van der Waals surface area contributed by atoms with E-state index in [1.54, 1.807) is 18.2 Å². The van der Waals surface area contributed by atoms with Crippen LogP contribution in [0.3, 0.4) is 0 Å². The Kier molecular flexibility index (Phi) is 3.68. The van der Waals surface area contributed by atoms with Crippen LogP contribution in [-0.4, -0.2) is 16.1 Å². The summed E-state index contributed by atoms with van der Waals surface area (Å²) in [5, 5.41) is 0.540. The maximum Gasteiger partial charge on any atom is 0.123 e. The number of ether oxygens (including phenoxy) is 1. The summed E-state index contributed by atoms with van der Waals surface area (Å²) >= 11 is 5.93. The number of anilines is 1. The third-order valence-electron chi connectivity index (χ3n) is 3.27. The second-order valence-electron chi connectivity index (χ2n) is 4.75. The third kappa shape index (κ3) is 2.67. The Morgan fingerprint density at radius 1 is 1.30 bits per heavy atom. The van der Waals surface area contributed by atoms with Crippen LogP contribution in [0.5, 0.6) is 5.75 Å². The Hall–Kier alpha value is -1.52. The number of hydrogen-bond acceptors (Lipinski definition) is 3. The van der Waals surface area contributed by atoms with E-state index >= 15 is 0 Å². The van der Waals surface area contributed by atoms with E-state index in [4.69, 9.17) is 22.1 Å². The van der Waals surface area contributed by atoms with Gasteiger partial charge in [-0.2, -0.15) is 0 Å². The smallest absolute Gasteiger partial charge is 0.123 e. The Balaban J connectivity index is 1.74. The van der Waals surface area contributed by atoms with Crippen LogP contribution in [0.1, 0.15) is 5.56 Å². The van der Waals surface area contributed by atoms with Gasteiger partial charge in [-0.25, -0.2) is 0 Å². The van der Waals surface area contributed by atoms with Gasteiger partial charge in [-0.15, -0.1) is 0 Å². The normalized spacial score (nSPS) is 18.4. The highest BCUT2D eigenvalue weighted by Gasteiger charge is 2.25. The summed E-state index contributed by atoms with van der Waals surface area (Å²) in [6, 6.07) is 12.9. The van der Waals surface area contributed by atoms with Crippen LogP contribution in [-0.2, 0) is 17.2 Å². The lowest BCUT2D eigenvalue weighted by Crippen LogP contribution is -2.22. The number of fused-ring (bicyclic) bond motifs is 1. The second kappa shape index (κ2) is 5.46. The first kappa shape index (κ1) is 13.5. The molecular formula is C15H14ClNO2S. The van der Waals surface area contributed by atoms with Gasteiger partial charge < -0.3 is 10.5 Å². The molecule has 0 spiro atoms. The number of halogens is 1. The van der Waals surface area contributed by atoms with Crippen molar-refractivity contribution in [2.24, 2.45) is 0 Å². The molecule has 3 rings (SSSR count). The van der Waals surface area contributed by atoms with E-state index in [0.29, 0.717) is 21.4 Å². The van der Waals surface area contributed by atoms with Crippen molar-refractivity contribution in [3.05, 3.63) is 53.1 Å². The molecule has 0 bridgehead atoms. The predicted octanol–water partition coefficient (Wildman–Crippen LogP) is 3.03. The molecule has 2 aromatic carbocycles. The molecule has 2 atom stereocenters. The molecule has 1 aliphatic rings. The minimum absolute atomic E-state index is 0.0772. The highest BCUT2D eigenvalue weighted by atomic mass is 35.5. The van der Waals surface area contributed by atoms with Gasteiger partial charge in [0, 0.05) is 17.1 Å². The molecule has 2 N–H and O–H groups in total. The number of hydrogen-bond donors (Lipinski definition) is 1. The topological polar surface area (TPSA) is 52.3 Å². The van der Waals surface area contributed by atoms with Crippen LogP contribution in [0.25, 0.3) is 0 Å². The zero-order valence-corrected chi connectivity index (χ0v) is 12.3. The number of benzene rings is 2. The lowest BCUT2D eigenvalue weighted by Gasteiger charge is -2.11. The Labute approximate surface area is 125 Å². The van der Waals surface area contributed by atoms with Gasteiger partial charge in [0.2, 0.25) is 0 Å². The Morgan fingerprint density at radius 2 is 2.10 bits per heavy atom. The van der Waals surface area contributed by atoms with E-state index in [1.807, 2.05) is 24.3 Å². The average Bonchev–Trinajstić information content (AvgIpc) is 2.83. The monoisotopic (exact) mass is 307 g/mol. The molecular weight excluding hydrogens is 294 g/mol. The van der Waals surface area contributed by atoms with Crippen LogP contribution in [0.15, 0.2) is 47.4 Å². The number of para-hydroxylation sites is 1. The molecule has 20 heavy (non-hydrogen) atoms. The van der Waals surface area contributed by atoms with Gasteiger partial charge in [0.1, 0.15) is 11.9 Å². The summed E-state index contributed by atoms with van der Waals surface area (Å²) in [6.07, 6.45) is 0.703. The van der Waals surface area contributed by atoms with Crippen LogP contribution in [0, 0.1) is 0 Å². The van der Waals surface area contributed by atoms with E-state index in [1.165, 1.54) is 0 Å². The molecule has 0 amide bonds. The molecule has 2 unspecified atom stereocenters. The van der Waals surface area contributed by atoms with Crippen LogP contribution < -0.4 is 10.5 Å². The van der Waals surface area contributed by atoms with Crippen molar-refractivity contribution < 1.29 is 8.95 Å².